The lowest BCUT2D eigenvalue weighted by Crippen LogP contribution is -2.25. The maximum atomic E-state index is 12.1. The Bertz CT molecular complexity index is 396. The highest BCUT2D eigenvalue weighted by molar-refractivity contribution is 5.98. The van der Waals surface area contributed by atoms with Crippen molar-refractivity contribution in [3.8, 4) is 0 Å². The first-order valence-corrected chi connectivity index (χ1v) is 6.03. The van der Waals surface area contributed by atoms with Gasteiger partial charge < -0.3 is 5.32 Å². The van der Waals surface area contributed by atoms with E-state index in [1.54, 1.807) is 0 Å². The van der Waals surface area contributed by atoms with E-state index in [0.29, 0.717) is 18.1 Å². The van der Waals surface area contributed by atoms with Crippen LogP contribution in [0.15, 0.2) is 18.2 Å². The lowest BCUT2D eigenvalue weighted by atomic mass is 9.91. The van der Waals surface area contributed by atoms with E-state index >= 15 is 0 Å². The number of fused-ring (bicyclic) bond motifs is 1. The second kappa shape index (κ2) is 4.79. The highest BCUT2D eigenvalue weighted by Gasteiger charge is 2.17. The van der Waals surface area contributed by atoms with Crippen LogP contribution in [-0.4, -0.2) is 12.3 Å². The molecular formula is C14H19NO. The third kappa shape index (κ3) is 2.33. The number of benzene rings is 1. The molecule has 16 heavy (non-hydrogen) atoms. The molecule has 2 rings (SSSR count). The van der Waals surface area contributed by atoms with Crippen molar-refractivity contribution < 1.29 is 4.79 Å². The molecule has 1 aromatic carbocycles. The van der Waals surface area contributed by atoms with Gasteiger partial charge in [-0.1, -0.05) is 32.0 Å². The second-order valence-electron chi connectivity index (χ2n) is 4.89. The van der Waals surface area contributed by atoms with Crippen molar-refractivity contribution in [1.29, 1.82) is 0 Å². The lowest BCUT2D eigenvalue weighted by molar-refractivity contribution is 0.0966. The van der Waals surface area contributed by atoms with Crippen LogP contribution in [-0.2, 0) is 13.0 Å². The molecule has 0 atom stereocenters. The fraction of sp³-hybridized carbons (Fsp3) is 0.500. The van der Waals surface area contributed by atoms with E-state index in [-0.39, 0.29) is 0 Å². The molecule has 0 aromatic heterocycles. The molecule has 0 amide bonds. The van der Waals surface area contributed by atoms with E-state index in [9.17, 15) is 4.79 Å². The van der Waals surface area contributed by atoms with Gasteiger partial charge in [0.05, 0.1) is 0 Å². The standard InChI is InChI=1S/C14H19NO/c1-10(2)8-14(16)13-5-3-4-11-9-15-7-6-12(11)13/h3-5,10,15H,6-9H2,1-2H3. The zero-order valence-electron chi connectivity index (χ0n) is 10.0. The van der Waals surface area contributed by atoms with Crippen molar-refractivity contribution in [2.24, 2.45) is 5.92 Å². The molecule has 0 unspecified atom stereocenters. The fourth-order valence-corrected chi connectivity index (χ4v) is 2.27. The number of ketones is 1. The third-order valence-electron chi connectivity index (χ3n) is 3.03. The summed E-state index contributed by atoms with van der Waals surface area (Å²) in [7, 11) is 0. The topological polar surface area (TPSA) is 29.1 Å². The zero-order chi connectivity index (χ0) is 11.5. The van der Waals surface area contributed by atoms with Crippen LogP contribution < -0.4 is 5.32 Å². The average molecular weight is 217 g/mol. The molecule has 0 saturated heterocycles. The minimum Gasteiger partial charge on any atom is -0.312 e. The van der Waals surface area contributed by atoms with Gasteiger partial charge in [-0.05, 0) is 30.0 Å². The van der Waals surface area contributed by atoms with Crippen LogP contribution in [0.25, 0.3) is 0 Å². The maximum Gasteiger partial charge on any atom is 0.163 e. The highest BCUT2D eigenvalue weighted by atomic mass is 16.1. The zero-order valence-corrected chi connectivity index (χ0v) is 10.0. The molecule has 0 spiro atoms. The molecule has 1 aromatic rings. The Morgan fingerprint density at radius 3 is 3.00 bits per heavy atom. The summed E-state index contributed by atoms with van der Waals surface area (Å²) in [6, 6.07) is 6.10. The van der Waals surface area contributed by atoms with Crippen LogP contribution in [0.2, 0.25) is 0 Å². The Hall–Kier alpha value is -1.15. The van der Waals surface area contributed by atoms with E-state index in [4.69, 9.17) is 0 Å². The summed E-state index contributed by atoms with van der Waals surface area (Å²) >= 11 is 0. The minimum atomic E-state index is 0.300. The first-order chi connectivity index (χ1) is 7.68. The van der Waals surface area contributed by atoms with Crippen molar-refractivity contribution in [2.45, 2.75) is 33.2 Å². The van der Waals surface area contributed by atoms with Crippen LogP contribution in [0.1, 0.15) is 41.8 Å². The predicted octanol–water partition coefficient (Wildman–Crippen LogP) is 2.56. The number of Topliss-reactive ketones (excluding diaryl/α,β-unsaturated/α-hetero) is 1. The van der Waals surface area contributed by atoms with Gasteiger partial charge in [0.25, 0.3) is 0 Å². The SMILES string of the molecule is CC(C)CC(=O)c1cccc2c1CCNC2. The monoisotopic (exact) mass is 217 g/mol. The second-order valence-corrected chi connectivity index (χ2v) is 4.89. The van der Waals surface area contributed by atoms with Crippen molar-refractivity contribution in [3.05, 3.63) is 34.9 Å². The van der Waals surface area contributed by atoms with E-state index in [2.05, 4.69) is 25.2 Å². The Morgan fingerprint density at radius 2 is 2.25 bits per heavy atom. The van der Waals surface area contributed by atoms with Crippen LogP contribution in [0, 0.1) is 5.92 Å². The Morgan fingerprint density at radius 1 is 1.44 bits per heavy atom. The molecule has 0 bridgehead atoms. The molecular weight excluding hydrogens is 198 g/mol. The number of nitrogens with one attached hydrogen (secondary N) is 1. The van der Waals surface area contributed by atoms with Crippen molar-refractivity contribution in [1.82, 2.24) is 5.32 Å². The van der Waals surface area contributed by atoms with Gasteiger partial charge in [-0.2, -0.15) is 0 Å². The number of carbonyl (C=O) groups excluding carboxylic acids is 1. The van der Waals surface area contributed by atoms with Crippen LogP contribution in [0.4, 0.5) is 0 Å². The first-order valence-electron chi connectivity index (χ1n) is 6.03. The summed E-state index contributed by atoms with van der Waals surface area (Å²) in [5, 5.41) is 3.34. The molecule has 0 saturated carbocycles. The van der Waals surface area contributed by atoms with Gasteiger partial charge in [0.1, 0.15) is 0 Å². The fourth-order valence-electron chi connectivity index (χ4n) is 2.27. The normalized spacial score (nSPS) is 14.9. The highest BCUT2D eigenvalue weighted by Crippen LogP contribution is 2.21. The quantitative estimate of drug-likeness (QED) is 0.788. The molecule has 0 radical (unpaired) electrons. The minimum absolute atomic E-state index is 0.300. The number of hydrogen-bond acceptors (Lipinski definition) is 2. The van der Waals surface area contributed by atoms with Crippen molar-refractivity contribution >= 4 is 5.78 Å². The van der Waals surface area contributed by atoms with Gasteiger partial charge in [-0.25, -0.2) is 0 Å². The molecule has 86 valence electrons. The van der Waals surface area contributed by atoms with Gasteiger partial charge in [0.2, 0.25) is 0 Å². The van der Waals surface area contributed by atoms with E-state index in [1.807, 2.05) is 12.1 Å². The van der Waals surface area contributed by atoms with Crippen LogP contribution >= 0.6 is 0 Å². The van der Waals surface area contributed by atoms with E-state index < -0.39 is 0 Å². The Balaban J connectivity index is 2.30. The molecule has 1 heterocycles. The number of carbonyl (C=O) groups is 1. The molecule has 0 aliphatic carbocycles. The molecule has 1 aliphatic rings. The molecule has 1 aliphatic heterocycles. The summed E-state index contributed by atoms with van der Waals surface area (Å²) in [6.45, 7) is 6.07. The smallest absolute Gasteiger partial charge is 0.163 e. The summed E-state index contributed by atoms with van der Waals surface area (Å²) in [5.74, 6) is 0.735. The van der Waals surface area contributed by atoms with Crippen molar-refractivity contribution in [3.63, 3.8) is 0 Å². The third-order valence-corrected chi connectivity index (χ3v) is 3.03. The number of hydrogen-bond donors (Lipinski definition) is 1. The summed E-state index contributed by atoms with van der Waals surface area (Å²) < 4.78 is 0. The van der Waals surface area contributed by atoms with Gasteiger partial charge in [-0.15, -0.1) is 0 Å². The molecule has 1 N–H and O–H groups in total. The summed E-state index contributed by atoms with van der Waals surface area (Å²) in [6.07, 6.45) is 1.64. The first kappa shape index (κ1) is 11.3. The Labute approximate surface area is 97.1 Å². The van der Waals surface area contributed by atoms with Gasteiger partial charge >= 0.3 is 0 Å². The van der Waals surface area contributed by atoms with Crippen molar-refractivity contribution in [2.75, 3.05) is 6.54 Å². The van der Waals surface area contributed by atoms with Gasteiger partial charge in [0, 0.05) is 18.5 Å². The predicted molar refractivity (Wildman–Crippen MR) is 65.6 cm³/mol. The van der Waals surface area contributed by atoms with Gasteiger partial charge in [0.15, 0.2) is 5.78 Å². The van der Waals surface area contributed by atoms with Gasteiger partial charge in [-0.3, -0.25) is 4.79 Å². The van der Waals surface area contributed by atoms with E-state index in [1.165, 1.54) is 11.1 Å². The maximum absolute atomic E-state index is 12.1. The Kier molecular flexibility index (Phi) is 3.39. The summed E-state index contributed by atoms with van der Waals surface area (Å²) in [5.41, 5.74) is 3.51. The number of rotatable bonds is 3. The van der Waals surface area contributed by atoms with Crippen LogP contribution in [0.3, 0.4) is 0 Å². The van der Waals surface area contributed by atoms with Crippen LogP contribution in [0.5, 0.6) is 0 Å². The molecule has 2 heteroatoms. The summed E-state index contributed by atoms with van der Waals surface area (Å²) in [4.78, 5) is 12.1. The lowest BCUT2D eigenvalue weighted by Gasteiger charge is -2.20. The molecule has 2 nitrogen and oxygen atoms in total. The average Bonchev–Trinajstić information content (AvgIpc) is 2.27. The van der Waals surface area contributed by atoms with E-state index in [0.717, 1.165) is 25.1 Å². The largest absolute Gasteiger partial charge is 0.312 e. The molecule has 0 fully saturated rings.